The molecule has 1 aromatic carbocycles. The number of aryl methyl sites for hydroxylation is 1. The van der Waals surface area contributed by atoms with E-state index in [0.29, 0.717) is 5.82 Å². The third kappa shape index (κ3) is 2.35. The average Bonchev–Trinajstić information content (AvgIpc) is 2.92. The maximum Gasteiger partial charge on any atom is 0.224 e. The molecule has 2 aromatic heterocycles. The molecule has 0 unspecified atom stereocenters. The summed E-state index contributed by atoms with van der Waals surface area (Å²) in [6, 6.07) is 10.1. The van der Waals surface area contributed by atoms with Crippen LogP contribution in [0.1, 0.15) is 5.56 Å². The zero-order chi connectivity index (χ0) is 13.2. The highest BCUT2D eigenvalue weighted by molar-refractivity contribution is 6.28. The minimum absolute atomic E-state index is 0.220. The van der Waals surface area contributed by atoms with Gasteiger partial charge in [-0.1, -0.05) is 30.3 Å². The lowest BCUT2D eigenvalue weighted by molar-refractivity contribution is 0.829. The van der Waals surface area contributed by atoms with Crippen LogP contribution in [0.15, 0.2) is 48.9 Å². The predicted octanol–water partition coefficient (Wildman–Crippen LogP) is 3.29. The number of halogens is 1. The predicted molar refractivity (Wildman–Crippen MR) is 74.3 cm³/mol. The first-order valence-electron chi connectivity index (χ1n) is 5.83. The quantitative estimate of drug-likeness (QED) is 0.671. The van der Waals surface area contributed by atoms with Gasteiger partial charge in [-0.25, -0.2) is 9.67 Å². The van der Waals surface area contributed by atoms with Gasteiger partial charge in [0.1, 0.15) is 0 Å². The van der Waals surface area contributed by atoms with Gasteiger partial charge in [0.25, 0.3) is 0 Å². The van der Waals surface area contributed by atoms with Crippen LogP contribution < -0.4 is 0 Å². The molecule has 0 fully saturated rings. The lowest BCUT2D eigenvalue weighted by Gasteiger charge is -2.03. The van der Waals surface area contributed by atoms with Gasteiger partial charge in [-0.05, 0) is 24.1 Å². The highest BCUT2D eigenvalue weighted by Crippen LogP contribution is 2.20. The highest BCUT2D eigenvalue weighted by atomic mass is 35.5. The second-order valence-electron chi connectivity index (χ2n) is 4.19. The molecule has 0 spiro atoms. The number of rotatable bonds is 2. The SMILES string of the molecule is Cc1cnc(Cl)nc1-n1cc(-c2ccccc2)cn1. The molecule has 3 aromatic rings. The average molecular weight is 271 g/mol. The van der Waals surface area contributed by atoms with Crippen molar-refractivity contribution in [3.63, 3.8) is 0 Å². The Kier molecular flexibility index (Phi) is 3.01. The molecule has 0 bridgehead atoms. The topological polar surface area (TPSA) is 43.6 Å². The van der Waals surface area contributed by atoms with E-state index >= 15 is 0 Å². The lowest BCUT2D eigenvalue weighted by atomic mass is 10.1. The van der Waals surface area contributed by atoms with Crippen LogP contribution in [0.5, 0.6) is 0 Å². The van der Waals surface area contributed by atoms with E-state index in [1.54, 1.807) is 10.9 Å². The molecule has 0 amide bonds. The smallest absolute Gasteiger partial charge is 0.224 e. The molecular formula is C14H11ClN4. The van der Waals surface area contributed by atoms with Crippen molar-refractivity contribution in [2.75, 3.05) is 0 Å². The maximum absolute atomic E-state index is 5.83. The van der Waals surface area contributed by atoms with Crippen molar-refractivity contribution in [3.8, 4) is 16.9 Å². The van der Waals surface area contributed by atoms with Crippen molar-refractivity contribution in [2.45, 2.75) is 6.92 Å². The highest BCUT2D eigenvalue weighted by Gasteiger charge is 2.08. The second-order valence-corrected chi connectivity index (χ2v) is 4.52. The van der Waals surface area contributed by atoms with E-state index in [4.69, 9.17) is 11.6 Å². The zero-order valence-electron chi connectivity index (χ0n) is 10.3. The van der Waals surface area contributed by atoms with Crippen molar-refractivity contribution in [2.24, 2.45) is 0 Å². The summed E-state index contributed by atoms with van der Waals surface area (Å²) < 4.78 is 1.71. The van der Waals surface area contributed by atoms with E-state index in [2.05, 4.69) is 15.1 Å². The molecule has 0 aliphatic rings. The van der Waals surface area contributed by atoms with E-state index in [1.807, 2.05) is 49.6 Å². The van der Waals surface area contributed by atoms with Gasteiger partial charge in [0, 0.05) is 23.5 Å². The molecule has 0 atom stereocenters. The fourth-order valence-electron chi connectivity index (χ4n) is 1.86. The zero-order valence-corrected chi connectivity index (χ0v) is 11.0. The third-order valence-corrected chi connectivity index (χ3v) is 3.00. The van der Waals surface area contributed by atoms with Gasteiger partial charge in [-0.15, -0.1) is 0 Å². The van der Waals surface area contributed by atoms with Gasteiger partial charge >= 0.3 is 0 Å². The number of hydrogen-bond donors (Lipinski definition) is 0. The van der Waals surface area contributed by atoms with Crippen LogP contribution in [0, 0.1) is 6.92 Å². The van der Waals surface area contributed by atoms with Crippen molar-refractivity contribution < 1.29 is 0 Å². The molecule has 0 N–H and O–H groups in total. The summed E-state index contributed by atoms with van der Waals surface area (Å²) in [6.07, 6.45) is 5.43. The summed E-state index contributed by atoms with van der Waals surface area (Å²) in [7, 11) is 0. The van der Waals surface area contributed by atoms with E-state index in [0.717, 1.165) is 16.7 Å². The standard InChI is InChI=1S/C14H11ClN4/c1-10-7-16-14(15)18-13(10)19-9-12(8-17-19)11-5-3-2-4-6-11/h2-9H,1H3. The van der Waals surface area contributed by atoms with Gasteiger partial charge in [-0.2, -0.15) is 10.1 Å². The van der Waals surface area contributed by atoms with Crippen molar-refractivity contribution in [1.82, 2.24) is 19.7 Å². The van der Waals surface area contributed by atoms with E-state index in [1.165, 1.54) is 0 Å². The van der Waals surface area contributed by atoms with Crippen LogP contribution in [0.3, 0.4) is 0 Å². The maximum atomic E-state index is 5.83. The second kappa shape index (κ2) is 4.82. The Labute approximate surface area is 115 Å². The van der Waals surface area contributed by atoms with Gasteiger partial charge in [0.05, 0.1) is 6.20 Å². The van der Waals surface area contributed by atoms with Gasteiger partial charge in [0.15, 0.2) is 5.82 Å². The Morgan fingerprint density at radius 3 is 2.63 bits per heavy atom. The van der Waals surface area contributed by atoms with Gasteiger partial charge in [-0.3, -0.25) is 0 Å². The first-order valence-corrected chi connectivity index (χ1v) is 6.21. The van der Waals surface area contributed by atoms with E-state index in [9.17, 15) is 0 Å². The molecule has 19 heavy (non-hydrogen) atoms. The Bertz CT molecular complexity index is 706. The molecule has 94 valence electrons. The largest absolute Gasteiger partial charge is 0.226 e. The fraction of sp³-hybridized carbons (Fsp3) is 0.0714. The molecule has 3 rings (SSSR count). The normalized spacial score (nSPS) is 10.6. The van der Waals surface area contributed by atoms with Gasteiger partial charge < -0.3 is 0 Å². The molecule has 0 radical (unpaired) electrons. The van der Waals surface area contributed by atoms with Crippen molar-refractivity contribution in [3.05, 3.63) is 59.8 Å². The van der Waals surface area contributed by atoms with Crippen molar-refractivity contribution in [1.29, 1.82) is 0 Å². The summed E-state index contributed by atoms with van der Waals surface area (Å²) >= 11 is 5.83. The molecule has 0 aliphatic carbocycles. The van der Waals surface area contributed by atoms with E-state index in [-0.39, 0.29) is 5.28 Å². The first kappa shape index (κ1) is 11.9. The molecule has 0 saturated heterocycles. The van der Waals surface area contributed by atoms with Crippen LogP contribution >= 0.6 is 11.6 Å². The number of benzene rings is 1. The Hall–Kier alpha value is -2.20. The van der Waals surface area contributed by atoms with Crippen LogP contribution in [0.25, 0.3) is 16.9 Å². The van der Waals surface area contributed by atoms with Crippen molar-refractivity contribution >= 4 is 11.6 Å². The molecule has 0 saturated carbocycles. The summed E-state index contributed by atoms with van der Waals surface area (Å²) in [5, 5.41) is 4.55. The third-order valence-electron chi connectivity index (χ3n) is 2.82. The number of aromatic nitrogens is 4. The number of nitrogens with zero attached hydrogens (tertiary/aromatic N) is 4. The van der Waals surface area contributed by atoms with Crippen LogP contribution in [0.2, 0.25) is 5.28 Å². The minimum atomic E-state index is 0.220. The Balaban J connectivity index is 2.04. The summed E-state index contributed by atoms with van der Waals surface area (Å²) in [4.78, 5) is 8.15. The van der Waals surface area contributed by atoms with Crippen LogP contribution in [-0.4, -0.2) is 19.7 Å². The van der Waals surface area contributed by atoms with E-state index < -0.39 is 0 Å². The number of hydrogen-bond acceptors (Lipinski definition) is 3. The molecule has 4 nitrogen and oxygen atoms in total. The monoisotopic (exact) mass is 270 g/mol. The van der Waals surface area contributed by atoms with Gasteiger partial charge in [0.2, 0.25) is 5.28 Å². The first-order chi connectivity index (χ1) is 9.24. The minimum Gasteiger partial charge on any atom is -0.226 e. The Morgan fingerprint density at radius 1 is 1.05 bits per heavy atom. The Morgan fingerprint density at radius 2 is 1.84 bits per heavy atom. The molecule has 5 heteroatoms. The molecule has 0 aliphatic heterocycles. The summed E-state index contributed by atoms with van der Waals surface area (Å²) in [5.74, 6) is 0.696. The molecule has 2 heterocycles. The van der Waals surface area contributed by atoms with Crippen LogP contribution in [-0.2, 0) is 0 Å². The summed E-state index contributed by atoms with van der Waals surface area (Å²) in [5.41, 5.74) is 3.08. The summed E-state index contributed by atoms with van der Waals surface area (Å²) in [6.45, 7) is 1.93. The van der Waals surface area contributed by atoms with Crippen LogP contribution in [0.4, 0.5) is 0 Å². The molecular weight excluding hydrogens is 260 g/mol. The fourth-order valence-corrected chi connectivity index (χ4v) is 1.99. The lowest BCUT2D eigenvalue weighted by Crippen LogP contribution is -2.02.